The van der Waals surface area contributed by atoms with E-state index < -0.39 is 54.0 Å². The number of carbonyl (C=O) groups excluding carboxylic acids is 3. The van der Waals surface area contributed by atoms with Crippen molar-refractivity contribution in [3.8, 4) is 0 Å². The van der Waals surface area contributed by atoms with Gasteiger partial charge in [0.2, 0.25) is 17.7 Å². The summed E-state index contributed by atoms with van der Waals surface area (Å²) in [6, 6.07) is -4.85. The second-order valence-corrected chi connectivity index (χ2v) is 8.98. The van der Waals surface area contributed by atoms with Gasteiger partial charge in [-0.2, -0.15) is 0 Å². The number of hydrogen-bond donors (Lipinski definition) is 11. The number of aliphatic carboxylic acids is 1. The molecule has 17 heteroatoms. The number of aliphatic imine (C=N–C) groups is 2. The number of guanidine groups is 2. The van der Waals surface area contributed by atoms with Gasteiger partial charge in [0, 0.05) is 13.1 Å². The van der Waals surface area contributed by atoms with Crippen LogP contribution >= 0.6 is 0 Å². The van der Waals surface area contributed by atoms with Gasteiger partial charge in [0.15, 0.2) is 11.9 Å². The number of rotatable bonds is 20. The lowest BCUT2D eigenvalue weighted by Crippen LogP contribution is -2.59. The number of unbranched alkanes of at least 4 members (excludes halogenated alkanes) is 1. The minimum atomic E-state index is -1.43. The van der Waals surface area contributed by atoms with Crippen molar-refractivity contribution < 1.29 is 29.4 Å². The maximum atomic E-state index is 13.0. The summed E-state index contributed by atoms with van der Waals surface area (Å²) in [5.41, 5.74) is 32.4. The van der Waals surface area contributed by atoms with E-state index >= 15 is 0 Å². The number of nitrogens with zero attached hydrogens (tertiary/aromatic N) is 2. The van der Waals surface area contributed by atoms with Gasteiger partial charge in [0.1, 0.15) is 18.1 Å². The monoisotopic (exact) mass is 559 g/mol. The van der Waals surface area contributed by atoms with Crippen molar-refractivity contribution in [2.75, 3.05) is 19.6 Å². The van der Waals surface area contributed by atoms with E-state index in [0.29, 0.717) is 25.8 Å². The molecule has 5 atom stereocenters. The molecule has 0 fully saturated rings. The third kappa shape index (κ3) is 16.0. The van der Waals surface area contributed by atoms with E-state index in [1.54, 1.807) is 0 Å². The average molecular weight is 560 g/mol. The molecule has 0 unspecified atom stereocenters. The van der Waals surface area contributed by atoms with Crippen molar-refractivity contribution in [3.05, 3.63) is 0 Å². The molecule has 0 radical (unpaired) electrons. The fourth-order valence-corrected chi connectivity index (χ4v) is 3.37. The first-order valence-corrected chi connectivity index (χ1v) is 12.7. The van der Waals surface area contributed by atoms with Gasteiger partial charge in [-0.1, -0.05) is 0 Å². The lowest BCUT2D eigenvalue weighted by atomic mass is 10.0. The van der Waals surface area contributed by atoms with Crippen LogP contribution in [0.2, 0.25) is 0 Å². The summed E-state index contributed by atoms with van der Waals surface area (Å²) in [6.07, 6.45) is 0.725. The average Bonchev–Trinajstić information content (AvgIpc) is 2.85. The Balaban J connectivity index is 5.36. The molecule has 0 spiro atoms. The summed E-state index contributed by atoms with van der Waals surface area (Å²) in [6.45, 7) is 2.06. The van der Waals surface area contributed by atoms with Crippen LogP contribution in [0.3, 0.4) is 0 Å². The number of amides is 3. The van der Waals surface area contributed by atoms with Crippen molar-refractivity contribution in [1.82, 2.24) is 16.0 Å². The number of carboxylic acids is 1. The third-order valence-corrected chi connectivity index (χ3v) is 5.51. The highest BCUT2D eigenvalue weighted by atomic mass is 16.4. The number of nitrogens with two attached hydrogens (primary N) is 6. The van der Waals surface area contributed by atoms with E-state index in [2.05, 4.69) is 25.9 Å². The molecular formula is C22H45N11O6. The standard InChI is InChI=1S/C22H45N11O6/c1-12(34)16(33-17(35)13(24)6-4-10-29-21(25)26)19(37)31-14(7-2-3-9-23)18(36)32-15(20(38)39)8-5-11-30-22(27)28/h12-16,34H,2-11,23-24H2,1H3,(H,31,37)(H,32,36)(H,33,35)(H,38,39)(H4,25,26,29)(H4,27,28,30)/t12-,13+,14+,15+,16+/m1/s1. The molecule has 224 valence electrons. The molecule has 0 bridgehead atoms. The van der Waals surface area contributed by atoms with E-state index in [0.717, 1.165) is 0 Å². The van der Waals surface area contributed by atoms with Crippen LogP contribution < -0.4 is 50.4 Å². The van der Waals surface area contributed by atoms with Crippen molar-refractivity contribution in [2.24, 2.45) is 44.4 Å². The molecule has 0 saturated heterocycles. The molecule has 0 rings (SSSR count). The number of aliphatic hydroxyl groups excluding tert-OH is 1. The molecule has 0 aliphatic rings. The van der Waals surface area contributed by atoms with Crippen LogP contribution in [0.25, 0.3) is 0 Å². The number of carbonyl (C=O) groups is 4. The molecule has 0 saturated carbocycles. The zero-order valence-corrected chi connectivity index (χ0v) is 22.3. The van der Waals surface area contributed by atoms with Crippen LogP contribution in [0.4, 0.5) is 0 Å². The summed E-state index contributed by atoms with van der Waals surface area (Å²) >= 11 is 0. The molecular weight excluding hydrogens is 514 g/mol. The molecule has 3 amide bonds. The van der Waals surface area contributed by atoms with Crippen molar-refractivity contribution in [2.45, 2.75) is 82.1 Å². The Hall–Kier alpha value is -3.70. The van der Waals surface area contributed by atoms with Crippen LogP contribution in [-0.2, 0) is 19.2 Å². The maximum absolute atomic E-state index is 13.0. The molecule has 0 aliphatic heterocycles. The molecule has 39 heavy (non-hydrogen) atoms. The van der Waals surface area contributed by atoms with Gasteiger partial charge in [0.25, 0.3) is 0 Å². The van der Waals surface area contributed by atoms with Gasteiger partial charge in [-0.15, -0.1) is 0 Å². The van der Waals surface area contributed by atoms with E-state index in [-0.39, 0.29) is 50.7 Å². The van der Waals surface area contributed by atoms with E-state index in [1.807, 2.05) is 0 Å². The lowest BCUT2D eigenvalue weighted by Gasteiger charge is -2.26. The first kappa shape index (κ1) is 35.3. The minimum absolute atomic E-state index is 0.0365. The molecule has 0 aliphatic carbocycles. The zero-order valence-electron chi connectivity index (χ0n) is 22.3. The maximum Gasteiger partial charge on any atom is 0.326 e. The Labute approximate surface area is 227 Å². The smallest absolute Gasteiger partial charge is 0.326 e. The first-order chi connectivity index (χ1) is 18.3. The van der Waals surface area contributed by atoms with Crippen LogP contribution in [0.5, 0.6) is 0 Å². The summed E-state index contributed by atoms with van der Waals surface area (Å²) in [4.78, 5) is 57.7. The Morgan fingerprint density at radius 1 is 0.744 bits per heavy atom. The summed E-state index contributed by atoms with van der Waals surface area (Å²) in [5, 5.41) is 26.9. The SMILES string of the molecule is C[C@@H](O)[C@H](NC(=O)[C@@H](N)CCCN=C(N)N)C(=O)N[C@@H](CCCCN)C(=O)N[C@@H](CCCN=C(N)N)C(=O)O. The summed E-state index contributed by atoms with van der Waals surface area (Å²) in [5.74, 6) is -3.80. The molecule has 0 aromatic rings. The minimum Gasteiger partial charge on any atom is -0.480 e. The topological polar surface area (TPSA) is 326 Å². The molecule has 17 nitrogen and oxygen atoms in total. The largest absolute Gasteiger partial charge is 0.480 e. The van der Waals surface area contributed by atoms with Crippen LogP contribution in [0.15, 0.2) is 9.98 Å². The van der Waals surface area contributed by atoms with Gasteiger partial charge in [-0.05, 0) is 58.4 Å². The highest BCUT2D eigenvalue weighted by Crippen LogP contribution is 2.06. The second kappa shape index (κ2) is 19.4. The first-order valence-electron chi connectivity index (χ1n) is 12.7. The number of aliphatic hydroxyl groups is 1. The Bertz CT molecular complexity index is 844. The van der Waals surface area contributed by atoms with Crippen molar-refractivity contribution in [1.29, 1.82) is 0 Å². The van der Waals surface area contributed by atoms with Crippen LogP contribution in [-0.4, -0.2) is 95.7 Å². The Morgan fingerprint density at radius 2 is 1.26 bits per heavy atom. The normalized spacial score (nSPS) is 14.6. The number of carboxylic acid groups (broad SMARTS) is 1. The Morgan fingerprint density at radius 3 is 1.74 bits per heavy atom. The van der Waals surface area contributed by atoms with Gasteiger partial charge < -0.3 is 60.6 Å². The van der Waals surface area contributed by atoms with E-state index in [1.165, 1.54) is 6.92 Å². The second-order valence-electron chi connectivity index (χ2n) is 8.98. The molecule has 0 heterocycles. The third-order valence-electron chi connectivity index (χ3n) is 5.51. The fourth-order valence-electron chi connectivity index (χ4n) is 3.37. The van der Waals surface area contributed by atoms with Crippen LogP contribution in [0.1, 0.15) is 51.9 Å². The van der Waals surface area contributed by atoms with Gasteiger partial charge >= 0.3 is 5.97 Å². The highest BCUT2D eigenvalue weighted by molar-refractivity contribution is 5.94. The van der Waals surface area contributed by atoms with Crippen LogP contribution in [0, 0.1) is 0 Å². The number of hydrogen-bond acceptors (Lipinski definition) is 9. The zero-order chi connectivity index (χ0) is 30.0. The fraction of sp³-hybridized carbons (Fsp3) is 0.727. The Kier molecular flexibility index (Phi) is 17.5. The van der Waals surface area contributed by atoms with Gasteiger partial charge in [-0.25, -0.2) is 4.79 Å². The van der Waals surface area contributed by atoms with E-state index in [9.17, 15) is 29.4 Å². The number of nitrogens with one attached hydrogen (secondary N) is 3. The predicted octanol–water partition coefficient (Wildman–Crippen LogP) is -4.53. The molecule has 17 N–H and O–H groups in total. The van der Waals surface area contributed by atoms with Crippen molar-refractivity contribution in [3.63, 3.8) is 0 Å². The highest BCUT2D eigenvalue weighted by Gasteiger charge is 2.32. The summed E-state index contributed by atoms with van der Waals surface area (Å²) < 4.78 is 0. The molecule has 0 aromatic heterocycles. The lowest BCUT2D eigenvalue weighted by molar-refractivity contribution is -0.142. The van der Waals surface area contributed by atoms with Crippen molar-refractivity contribution >= 4 is 35.6 Å². The van der Waals surface area contributed by atoms with E-state index in [4.69, 9.17) is 34.4 Å². The quantitative estimate of drug-likeness (QED) is 0.0381. The van der Waals surface area contributed by atoms with Gasteiger partial charge in [-0.3, -0.25) is 24.4 Å². The molecule has 0 aromatic carbocycles. The summed E-state index contributed by atoms with van der Waals surface area (Å²) in [7, 11) is 0. The van der Waals surface area contributed by atoms with Gasteiger partial charge in [0.05, 0.1) is 12.1 Å². The predicted molar refractivity (Wildman–Crippen MR) is 146 cm³/mol.